The molecule has 4 atom stereocenters. The minimum absolute atomic E-state index is 0.0782. The number of nitrogens with zero attached hydrogens (tertiary/aromatic N) is 2. The van der Waals surface area contributed by atoms with Crippen LogP contribution in [0.1, 0.15) is 51.2 Å². The van der Waals surface area contributed by atoms with Gasteiger partial charge in [-0.3, -0.25) is 0 Å². The molecule has 0 aliphatic carbocycles. The average molecular weight is 508 g/mol. The van der Waals surface area contributed by atoms with Crippen LogP contribution in [0.5, 0.6) is 0 Å². The largest absolute Gasteiger partial charge is 0.445 e. The number of nitrogens with one attached hydrogen (secondary N) is 1. The van der Waals surface area contributed by atoms with Crippen molar-refractivity contribution in [2.45, 2.75) is 64.3 Å². The first-order valence-corrected chi connectivity index (χ1v) is 12.9. The second-order valence-corrected chi connectivity index (χ2v) is 11.0. The maximum atomic E-state index is 13.9. The van der Waals surface area contributed by atoms with Crippen LogP contribution in [0.3, 0.4) is 0 Å². The number of rotatable bonds is 4. The van der Waals surface area contributed by atoms with E-state index < -0.39 is 11.7 Å². The van der Waals surface area contributed by atoms with Gasteiger partial charge in [0, 0.05) is 36.1 Å². The molecular formula is C29H34FN3O4. The smallest absolute Gasteiger partial charge is 0.410 e. The Kier molecular flexibility index (Phi) is 6.60. The Bertz CT molecular complexity index is 1290. The van der Waals surface area contributed by atoms with E-state index in [1.807, 2.05) is 57.3 Å². The van der Waals surface area contributed by atoms with Crippen molar-refractivity contribution < 1.29 is 23.5 Å². The molecule has 0 saturated carbocycles. The Hall–Kier alpha value is -3.55. The van der Waals surface area contributed by atoms with Crippen molar-refractivity contribution >= 4 is 23.1 Å². The third-order valence-electron chi connectivity index (χ3n) is 7.46. The number of carbonyl (C=O) groups excluding carboxylic acids is 2. The summed E-state index contributed by atoms with van der Waals surface area (Å²) in [6.07, 6.45) is 1.90. The molecule has 7 nitrogen and oxygen atoms in total. The van der Waals surface area contributed by atoms with Gasteiger partial charge < -0.3 is 24.3 Å². The van der Waals surface area contributed by atoms with E-state index in [0.717, 1.165) is 22.9 Å². The zero-order chi connectivity index (χ0) is 26.3. The quantitative estimate of drug-likeness (QED) is 0.466. The number of aromatic amines is 1. The van der Waals surface area contributed by atoms with Gasteiger partial charge in [-0.15, -0.1) is 0 Å². The Morgan fingerprint density at radius 2 is 1.76 bits per heavy atom. The normalized spacial score (nSPS) is 23.4. The fourth-order valence-electron chi connectivity index (χ4n) is 5.88. The first kappa shape index (κ1) is 25.1. The molecule has 1 N–H and O–H groups in total. The molecule has 2 aliphatic rings. The number of ether oxygens (including phenoxy) is 2. The molecule has 0 spiro atoms. The first-order chi connectivity index (χ1) is 17.7. The molecule has 3 aromatic rings. The summed E-state index contributed by atoms with van der Waals surface area (Å²) in [6, 6.07) is 13.7. The van der Waals surface area contributed by atoms with E-state index in [4.69, 9.17) is 9.47 Å². The Labute approximate surface area is 216 Å². The maximum Gasteiger partial charge on any atom is 0.410 e. The van der Waals surface area contributed by atoms with E-state index in [0.29, 0.717) is 18.6 Å². The van der Waals surface area contributed by atoms with Gasteiger partial charge in [-0.1, -0.05) is 37.3 Å². The molecular weight excluding hydrogens is 473 g/mol. The summed E-state index contributed by atoms with van der Waals surface area (Å²) in [7, 11) is 0. The number of hydrogen-bond donors (Lipinski definition) is 1. The number of fused-ring (bicyclic) bond motifs is 2. The lowest BCUT2D eigenvalue weighted by atomic mass is 9.88. The third kappa shape index (κ3) is 4.89. The monoisotopic (exact) mass is 507 g/mol. The van der Waals surface area contributed by atoms with Gasteiger partial charge in [0.1, 0.15) is 18.0 Å². The Morgan fingerprint density at radius 1 is 1.03 bits per heavy atom. The van der Waals surface area contributed by atoms with Crippen LogP contribution in [0.15, 0.2) is 54.7 Å². The molecule has 8 heteroatoms. The second-order valence-electron chi connectivity index (χ2n) is 11.0. The van der Waals surface area contributed by atoms with Crippen LogP contribution in [-0.4, -0.2) is 57.7 Å². The maximum absolute atomic E-state index is 13.9. The van der Waals surface area contributed by atoms with Crippen LogP contribution < -0.4 is 0 Å². The van der Waals surface area contributed by atoms with Crippen molar-refractivity contribution in [2.24, 2.45) is 5.92 Å². The number of halogens is 1. The molecule has 0 bridgehead atoms. The molecule has 2 saturated heterocycles. The van der Waals surface area contributed by atoms with E-state index >= 15 is 0 Å². The van der Waals surface area contributed by atoms with Crippen LogP contribution in [0.4, 0.5) is 14.0 Å². The minimum Gasteiger partial charge on any atom is -0.445 e. The number of aromatic nitrogens is 1. The summed E-state index contributed by atoms with van der Waals surface area (Å²) >= 11 is 0. The molecule has 2 amide bonds. The van der Waals surface area contributed by atoms with Gasteiger partial charge in [-0.2, -0.15) is 0 Å². The van der Waals surface area contributed by atoms with Crippen LogP contribution in [0, 0.1) is 11.7 Å². The van der Waals surface area contributed by atoms with Crippen LogP contribution in [0.2, 0.25) is 0 Å². The predicted molar refractivity (Wildman–Crippen MR) is 139 cm³/mol. The molecule has 0 radical (unpaired) electrons. The van der Waals surface area contributed by atoms with Gasteiger partial charge in [0.25, 0.3) is 0 Å². The number of likely N-dealkylation sites (tertiary alicyclic amines) is 2. The lowest BCUT2D eigenvalue weighted by molar-refractivity contribution is 0.0207. The second kappa shape index (κ2) is 9.72. The Morgan fingerprint density at radius 3 is 2.46 bits per heavy atom. The average Bonchev–Trinajstić information content (AvgIpc) is 3.54. The van der Waals surface area contributed by atoms with Gasteiger partial charge in [-0.25, -0.2) is 14.0 Å². The van der Waals surface area contributed by atoms with Gasteiger partial charge in [0.05, 0.1) is 12.1 Å². The van der Waals surface area contributed by atoms with Crippen LogP contribution in [-0.2, 0) is 16.1 Å². The number of carbonyl (C=O) groups is 2. The molecule has 1 aromatic heterocycles. The number of amides is 2. The highest BCUT2D eigenvalue weighted by Gasteiger charge is 2.57. The highest BCUT2D eigenvalue weighted by Crippen LogP contribution is 2.46. The molecule has 2 fully saturated rings. The minimum atomic E-state index is -0.641. The molecule has 4 unspecified atom stereocenters. The van der Waals surface area contributed by atoms with Crippen molar-refractivity contribution in [3.63, 3.8) is 0 Å². The summed E-state index contributed by atoms with van der Waals surface area (Å²) in [5.74, 6) is -0.425. The fraction of sp³-hybridized carbons (Fsp3) is 0.448. The molecule has 196 valence electrons. The summed E-state index contributed by atoms with van der Waals surface area (Å²) in [5, 5.41) is 0.883. The van der Waals surface area contributed by atoms with Gasteiger partial charge >= 0.3 is 12.2 Å². The zero-order valence-electron chi connectivity index (χ0n) is 21.7. The van der Waals surface area contributed by atoms with Crippen molar-refractivity contribution in [3.05, 3.63) is 71.7 Å². The van der Waals surface area contributed by atoms with E-state index in [9.17, 15) is 14.0 Å². The fourth-order valence-corrected chi connectivity index (χ4v) is 5.88. The first-order valence-electron chi connectivity index (χ1n) is 12.9. The highest BCUT2D eigenvalue weighted by molar-refractivity contribution is 5.84. The number of hydrogen-bond acceptors (Lipinski definition) is 4. The van der Waals surface area contributed by atoms with E-state index in [2.05, 4.69) is 11.9 Å². The lowest BCUT2D eigenvalue weighted by Gasteiger charge is -2.31. The van der Waals surface area contributed by atoms with E-state index in [-0.39, 0.29) is 42.4 Å². The van der Waals surface area contributed by atoms with Crippen molar-refractivity contribution in [2.75, 3.05) is 13.1 Å². The number of H-pyrrole nitrogens is 1. The lowest BCUT2D eigenvalue weighted by Crippen LogP contribution is -2.45. The standard InChI is InChI=1S/C29H34FN3O4/c1-5-19-15-32(28(35)37-29(2,3)4)26-23(22-14-31-24-13-20(30)11-12-21(22)24)16-33(25(19)26)27(34)36-17-18-9-7-6-8-10-18/h6-14,19,23,25-26,31H,5,15-17H2,1-4H3. The summed E-state index contributed by atoms with van der Waals surface area (Å²) in [5.41, 5.74) is 1.91. The summed E-state index contributed by atoms with van der Waals surface area (Å²) < 4.78 is 25.4. The summed E-state index contributed by atoms with van der Waals surface area (Å²) in [6.45, 7) is 8.70. The summed E-state index contributed by atoms with van der Waals surface area (Å²) in [4.78, 5) is 33.6. The third-order valence-corrected chi connectivity index (χ3v) is 7.46. The topological polar surface area (TPSA) is 74.9 Å². The van der Waals surface area contributed by atoms with Gasteiger partial charge in [0.2, 0.25) is 0 Å². The van der Waals surface area contributed by atoms with Crippen molar-refractivity contribution in [1.82, 2.24) is 14.8 Å². The van der Waals surface area contributed by atoms with Crippen molar-refractivity contribution in [1.29, 1.82) is 0 Å². The molecule has 5 rings (SSSR count). The number of benzene rings is 2. The van der Waals surface area contributed by atoms with Crippen LogP contribution >= 0.6 is 0 Å². The molecule has 37 heavy (non-hydrogen) atoms. The molecule has 2 aliphatic heterocycles. The van der Waals surface area contributed by atoms with Crippen LogP contribution in [0.25, 0.3) is 10.9 Å². The predicted octanol–water partition coefficient (Wildman–Crippen LogP) is 6.06. The highest BCUT2D eigenvalue weighted by atomic mass is 19.1. The SMILES string of the molecule is CCC1CN(C(=O)OC(C)(C)C)C2C(c3c[nH]c4cc(F)ccc34)CN(C(=O)OCc3ccccc3)C12. The Balaban J connectivity index is 1.50. The van der Waals surface area contributed by atoms with E-state index in [1.165, 1.54) is 12.1 Å². The van der Waals surface area contributed by atoms with Crippen molar-refractivity contribution in [3.8, 4) is 0 Å². The van der Waals surface area contributed by atoms with Gasteiger partial charge in [0.15, 0.2) is 0 Å². The van der Waals surface area contributed by atoms with Gasteiger partial charge in [-0.05, 0) is 62.4 Å². The zero-order valence-corrected chi connectivity index (χ0v) is 21.7. The molecule has 3 heterocycles. The van der Waals surface area contributed by atoms with E-state index in [1.54, 1.807) is 15.9 Å². The molecule has 2 aromatic carbocycles.